The van der Waals surface area contributed by atoms with Gasteiger partial charge in [-0.15, -0.1) is 0 Å². The molecule has 4 nitrogen and oxygen atoms in total. The number of carbonyl (C=O) groups excluding carboxylic acids is 1. The number of ketones is 1. The number of allylic oxidation sites excluding steroid dienone is 1. The third kappa shape index (κ3) is 2.91. The second kappa shape index (κ2) is 6.69. The van der Waals surface area contributed by atoms with Crippen molar-refractivity contribution >= 4 is 22.1 Å². The van der Waals surface area contributed by atoms with Gasteiger partial charge in [0.15, 0.2) is 11.5 Å². The standard InChI is InChI=1S/C25H17NO3/c27-23(18-10-3-1-4-11-18)21(22-20-14-8-7-9-17(20)15-16-26-22)24-25(28,29-24)19-12-5-2-6-13-19/h1-16,28H/b24-21+. The number of rotatable bonds is 4. The molecule has 0 radical (unpaired) electrons. The van der Waals surface area contributed by atoms with Crippen LogP contribution in [0.25, 0.3) is 16.3 Å². The van der Waals surface area contributed by atoms with E-state index in [2.05, 4.69) is 4.98 Å². The number of ether oxygens (including phenoxy) is 1. The van der Waals surface area contributed by atoms with Crippen molar-refractivity contribution in [2.24, 2.45) is 0 Å². The summed E-state index contributed by atoms with van der Waals surface area (Å²) in [5.74, 6) is -1.64. The van der Waals surface area contributed by atoms with E-state index in [-0.39, 0.29) is 17.1 Å². The highest BCUT2D eigenvalue weighted by Crippen LogP contribution is 2.52. The maximum absolute atomic E-state index is 13.5. The van der Waals surface area contributed by atoms with Crippen molar-refractivity contribution in [3.05, 3.63) is 120 Å². The molecule has 140 valence electrons. The molecule has 1 aliphatic heterocycles. The number of hydrogen-bond donors (Lipinski definition) is 1. The number of fused-ring (bicyclic) bond motifs is 1. The van der Waals surface area contributed by atoms with E-state index in [1.807, 2.05) is 66.7 Å². The molecule has 0 saturated carbocycles. The number of benzene rings is 3. The first kappa shape index (κ1) is 17.3. The Balaban J connectivity index is 1.75. The number of aliphatic hydroxyl groups is 1. The topological polar surface area (TPSA) is 62.7 Å². The van der Waals surface area contributed by atoms with Crippen molar-refractivity contribution in [1.82, 2.24) is 4.98 Å². The molecule has 4 heteroatoms. The van der Waals surface area contributed by atoms with E-state index in [4.69, 9.17) is 4.74 Å². The first-order chi connectivity index (χ1) is 14.2. The molecular weight excluding hydrogens is 362 g/mol. The largest absolute Gasteiger partial charge is 0.447 e. The lowest BCUT2D eigenvalue weighted by atomic mass is 9.94. The van der Waals surface area contributed by atoms with Gasteiger partial charge in [0.2, 0.25) is 0 Å². The smallest absolute Gasteiger partial charge is 0.295 e. The van der Waals surface area contributed by atoms with E-state index in [0.717, 1.165) is 10.8 Å². The van der Waals surface area contributed by atoms with Crippen LogP contribution in [-0.4, -0.2) is 15.9 Å². The van der Waals surface area contributed by atoms with Crippen LogP contribution in [0.1, 0.15) is 21.6 Å². The van der Waals surface area contributed by atoms with Crippen LogP contribution in [0.4, 0.5) is 0 Å². The predicted molar refractivity (Wildman–Crippen MR) is 111 cm³/mol. The molecule has 0 bridgehead atoms. The average Bonchev–Trinajstić information content (AvgIpc) is 3.47. The Morgan fingerprint density at radius 2 is 1.48 bits per heavy atom. The van der Waals surface area contributed by atoms with Crippen molar-refractivity contribution < 1.29 is 14.6 Å². The van der Waals surface area contributed by atoms with Gasteiger partial charge in [-0.2, -0.15) is 0 Å². The van der Waals surface area contributed by atoms with E-state index < -0.39 is 5.79 Å². The molecule has 29 heavy (non-hydrogen) atoms. The highest BCUT2D eigenvalue weighted by atomic mass is 16.7. The van der Waals surface area contributed by atoms with E-state index in [1.54, 1.807) is 30.5 Å². The van der Waals surface area contributed by atoms with Crippen molar-refractivity contribution in [3.63, 3.8) is 0 Å². The number of epoxide rings is 1. The summed E-state index contributed by atoms with van der Waals surface area (Å²) >= 11 is 0. The van der Waals surface area contributed by atoms with Gasteiger partial charge in [0, 0.05) is 22.7 Å². The summed E-state index contributed by atoms with van der Waals surface area (Å²) in [7, 11) is 0. The van der Waals surface area contributed by atoms with Crippen molar-refractivity contribution in [2.75, 3.05) is 0 Å². The number of pyridine rings is 1. The Kier molecular flexibility index (Phi) is 4.00. The summed E-state index contributed by atoms with van der Waals surface area (Å²) in [5.41, 5.74) is 1.86. The lowest BCUT2D eigenvalue weighted by Gasteiger charge is -2.09. The Hall–Kier alpha value is -3.76. The Morgan fingerprint density at radius 1 is 0.828 bits per heavy atom. The third-order valence-electron chi connectivity index (χ3n) is 5.08. The van der Waals surface area contributed by atoms with Gasteiger partial charge in [-0.25, -0.2) is 0 Å². The van der Waals surface area contributed by atoms with Crippen LogP contribution in [0.3, 0.4) is 0 Å². The second-order valence-corrected chi connectivity index (χ2v) is 6.89. The van der Waals surface area contributed by atoms with Crippen molar-refractivity contribution in [3.8, 4) is 0 Å². The summed E-state index contributed by atoms with van der Waals surface area (Å²) in [6.45, 7) is 0. The van der Waals surface area contributed by atoms with Gasteiger partial charge >= 0.3 is 0 Å². The van der Waals surface area contributed by atoms with Gasteiger partial charge in [0.05, 0.1) is 11.3 Å². The average molecular weight is 379 g/mol. The molecule has 1 aliphatic rings. The van der Waals surface area contributed by atoms with Crippen molar-refractivity contribution in [1.29, 1.82) is 0 Å². The molecular formula is C25H17NO3. The number of aromatic nitrogens is 1. The zero-order chi connectivity index (χ0) is 19.8. The Bertz CT molecular complexity index is 1240. The van der Waals surface area contributed by atoms with Crippen LogP contribution in [0.15, 0.2) is 103 Å². The maximum atomic E-state index is 13.5. The molecule has 0 aliphatic carbocycles. The minimum Gasteiger partial charge on any atom is -0.447 e. The zero-order valence-electron chi connectivity index (χ0n) is 15.4. The van der Waals surface area contributed by atoms with Gasteiger partial charge in [0.1, 0.15) is 0 Å². The highest BCUT2D eigenvalue weighted by Gasteiger charge is 2.56. The SMILES string of the molecule is O=C(/C(=C1/OC1(O)c1ccccc1)c1nccc2ccccc12)c1ccccc1. The lowest BCUT2D eigenvalue weighted by molar-refractivity contribution is 0.0335. The fraction of sp³-hybridized carbons (Fsp3) is 0.0400. The maximum Gasteiger partial charge on any atom is 0.295 e. The first-order valence-corrected chi connectivity index (χ1v) is 9.34. The minimum absolute atomic E-state index is 0.224. The number of Topliss-reactive ketones (excluding diaryl/α,β-unsaturated/α-hetero) is 1. The molecule has 1 fully saturated rings. The minimum atomic E-state index is -1.63. The molecule has 1 unspecified atom stereocenters. The summed E-state index contributed by atoms with van der Waals surface area (Å²) in [6.07, 6.45) is 1.67. The Morgan fingerprint density at radius 3 is 2.24 bits per heavy atom. The molecule has 0 spiro atoms. The second-order valence-electron chi connectivity index (χ2n) is 6.89. The first-order valence-electron chi connectivity index (χ1n) is 9.34. The highest BCUT2D eigenvalue weighted by molar-refractivity contribution is 6.31. The van der Waals surface area contributed by atoms with E-state index in [0.29, 0.717) is 16.8 Å². The fourth-order valence-electron chi connectivity index (χ4n) is 3.57. The summed E-state index contributed by atoms with van der Waals surface area (Å²) in [5, 5.41) is 12.9. The fourth-order valence-corrected chi connectivity index (χ4v) is 3.57. The van der Waals surface area contributed by atoms with Crippen LogP contribution in [0, 0.1) is 0 Å². The van der Waals surface area contributed by atoms with Crippen LogP contribution in [0.5, 0.6) is 0 Å². The van der Waals surface area contributed by atoms with Gasteiger partial charge < -0.3 is 9.84 Å². The van der Waals surface area contributed by atoms with Crippen LogP contribution >= 0.6 is 0 Å². The van der Waals surface area contributed by atoms with Gasteiger partial charge in [-0.1, -0.05) is 84.9 Å². The molecule has 5 rings (SSSR count). The molecule has 4 aromatic rings. The van der Waals surface area contributed by atoms with Crippen LogP contribution in [0.2, 0.25) is 0 Å². The monoisotopic (exact) mass is 379 g/mol. The Labute approximate surface area is 167 Å². The summed E-state index contributed by atoms with van der Waals surface area (Å²) in [4.78, 5) is 18.0. The van der Waals surface area contributed by atoms with E-state index >= 15 is 0 Å². The lowest BCUT2D eigenvalue weighted by Crippen LogP contribution is -2.10. The number of hydrogen-bond acceptors (Lipinski definition) is 4. The molecule has 2 heterocycles. The molecule has 1 saturated heterocycles. The quantitative estimate of drug-likeness (QED) is 0.317. The molecule has 3 aromatic carbocycles. The van der Waals surface area contributed by atoms with Crippen LogP contribution < -0.4 is 0 Å². The normalized spacial score (nSPS) is 19.5. The van der Waals surface area contributed by atoms with Crippen molar-refractivity contribution in [2.45, 2.75) is 5.79 Å². The van der Waals surface area contributed by atoms with Gasteiger partial charge in [-0.05, 0) is 11.5 Å². The molecule has 1 aromatic heterocycles. The number of carbonyl (C=O) groups is 1. The van der Waals surface area contributed by atoms with E-state index in [1.165, 1.54) is 0 Å². The van der Waals surface area contributed by atoms with Gasteiger partial charge in [0.25, 0.3) is 5.79 Å². The van der Waals surface area contributed by atoms with Crippen LogP contribution in [-0.2, 0) is 10.5 Å². The molecule has 1 atom stereocenters. The number of nitrogens with zero attached hydrogens (tertiary/aromatic N) is 1. The van der Waals surface area contributed by atoms with Gasteiger partial charge in [-0.3, -0.25) is 9.78 Å². The molecule has 1 N–H and O–H groups in total. The third-order valence-corrected chi connectivity index (χ3v) is 5.08. The zero-order valence-corrected chi connectivity index (χ0v) is 15.4. The summed E-state index contributed by atoms with van der Waals surface area (Å²) in [6, 6.07) is 27.6. The predicted octanol–water partition coefficient (Wildman–Crippen LogP) is 4.70. The molecule has 0 amide bonds. The summed E-state index contributed by atoms with van der Waals surface area (Å²) < 4.78 is 5.67. The van der Waals surface area contributed by atoms with E-state index in [9.17, 15) is 9.90 Å².